The Morgan fingerprint density at radius 1 is 0.897 bits per heavy atom. The lowest BCUT2D eigenvalue weighted by atomic mass is 10.2. The number of oxime groups is 1. The Hall–Kier alpha value is -3.22. The molecule has 150 valence electrons. The highest BCUT2D eigenvalue weighted by atomic mass is 16.6. The Morgan fingerprint density at radius 2 is 1.69 bits per heavy atom. The van der Waals surface area contributed by atoms with Crippen LogP contribution in [0.3, 0.4) is 0 Å². The minimum Gasteiger partial charge on any atom is -0.396 e. The second-order valence-corrected chi connectivity index (χ2v) is 7.04. The molecular formula is C22H26N6O. The van der Waals surface area contributed by atoms with Gasteiger partial charge in [0.1, 0.15) is 23.8 Å². The van der Waals surface area contributed by atoms with Crippen LogP contribution in [-0.2, 0) is 11.3 Å². The topological polar surface area (TPSA) is 86.0 Å². The summed E-state index contributed by atoms with van der Waals surface area (Å²) in [4.78, 5) is 27.9. The lowest BCUT2D eigenvalue weighted by Gasteiger charge is -2.07. The van der Waals surface area contributed by atoms with Crippen molar-refractivity contribution in [2.45, 2.75) is 47.5 Å². The summed E-state index contributed by atoms with van der Waals surface area (Å²) in [5, 5.41) is 4.18. The van der Waals surface area contributed by atoms with Crippen molar-refractivity contribution in [2.24, 2.45) is 5.16 Å². The Kier molecular flexibility index (Phi) is 6.59. The van der Waals surface area contributed by atoms with E-state index in [-0.39, 0.29) is 0 Å². The monoisotopic (exact) mass is 390 g/mol. The molecule has 3 aromatic rings. The van der Waals surface area contributed by atoms with Gasteiger partial charge in [-0.25, -0.2) is 24.9 Å². The normalized spacial score (nSPS) is 11.6. The van der Waals surface area contributed by atoms with Crippen molar-refractivity contribution in [3.63, 3.8) is 0 Å². The Bertz CT molecular complexity index is 1010. The zero-order valence-corrected chi connectivity index (χ0v) is 17.6. The van der Waals surface area contributed by atoms with E-state index in [9.17, 15) is 0 Å². The lowest BCUT2D eigenvalue weighted by molar-refractivity contribution is 0.141. The number of hydrogen-bond acceptors (Lipinski definition) is 7. The first-order valence-corrected chi connectivity index (χ1v) is 9.68. The molecule has 0 aliphatic heterocycles. The van der Waals surface area contributed by atoms with Crippen molar-refractivity contribution in [2.75, 3.05) is 6.61 Å². The van der Waals surface area contributed by atoms with Crippen LogP contribution in [0.2, 0.25) is 0 Å². The molecule has 0 aromatic carbocycles. The Balaban J connectivity index is 1.58. The van der Waals surface area contributed by atoms with Crippen molar-refractivity contribution < 1.29 is 4.84 Å². The van der Waals surface area contributed by atoms with Crippen molar-refractivity contribution in [1.82, 2.24) is 24.9 Å². The minimum absolute atomic E-state index is 0.501. The molecule has 0 fully saturated rings. The molecule has 0 aliphatic carbocycles. The SMILES string of the molecule is C/C(=N\OCCCc1cc(C)nc(-c2cccc(C)n2)n1)c1cc(C)nc(C)n1. The fourth-order valence-electron chi connectivity index (χ4n) is 2.95. The third-order valence-electron chi connectivity index (χ3n) is 4.23. The van der Waals surface area contributed by atoms with Crippen molar-refractivity contribution in [3.8, 4) is 11.5 Å². The van der Waals surface area contributed by atoms with Gasteiger partial charge in [-0.3, -0.25) is 0 Å². The van der Waals surface area contributed by atoms with Gasteiger partial charge in [0.05, 0.1) is 5.69 Å². The van der Waals surface area contributed by atoms with E-state index in [1.165, 1.54) is 0 Å². The third kappa shape index (κ3) is 5.88. The van der Waals surface area contributed by atoms with Gasteiger partial charge >= 0.3 is 0 Å². The average Bonchev–Trinajstić information content (AvgIpc) is 2.66. The molecule has 7 heteroatoms. The van der Waals surface area contributed by atoms with Gasteiger partial charge < -0.3 is 4.84 Å². The van der Waals surface area contributed by atoms with Crippen LogP contribution < -0.4 is 0 Å². The predicted octanol–water partition coefficient (Wildman–Crippen LogP) is 3.94. The zero-order chi connectivity index (χ0) is 20.8. The Labute approximate surface area is 171 Å². The van der Waals surface area contributed by atoms with Crippen LogP contribution in [0.5, 0.6) is 0 Å². The van der Waals surface area contributed by atoms with E-state index in [0.29, 0.717) is 12.4 Å². The molecule has 0 radical (unpaired) electrons. The zero-order valence-electron chi connectivity index (χ0n) is 17.6. The highest BCUT2D eigenvalue weighted by Gasteiger charge is 2.07. The van der Waals surface area contributed by atoms with Gasteiger partial charge in [-0.2, -0.15) is 0 Å². The molecule has 0 aliphatic rings. The highest BCUT2D eigenvalue weighted by molar-refractivity contribution is 5.96. The summed E-state index contributed by atoms with van der Waals surface area (Å²) in [5.74, 6) is 1.39. The highest BCUT2D eigenvalue weighted by Crippen LogP contribution is 2.15. The van der Waals surface area contributed by atoms with Crippen molar-refractivity contribution >= 4 is 5.71 Å². The minimum atomic E-state index is 0.501. The fraction of sp³-hybridized carbons (Fsp3) is 0.364. The number of hydrogen-bond donors (Lipinski definition) is 0. The van der Waals surface area contributed by atoms with Crippen LogP contribution >= 0.6 is 0 Å². The fourth-order valence-corrected chi connectivity index (χ4v) is 2.95. The van der Waals surface area contributed by atoms with Gasteiger partial charge in [-0.05, 0) is 71.7 Å². The van der Waals surface area contributed by atoms with Gasteiger partial charge in [-0.15, -0.1) is 0 Å². The van der Waals surface area contributed by atoms with E-state index in [4.69, 9.17) is 4.84 Å². The summed E-state index contributed by atoms with van der Waals surface area (Å²) in [6.07, 6.45) is 1.58. The van der Waals surface area contributed by atoms with Gasteiger partial charge in [-0.1, -0.05) is 11.2 Å². The van der Waals surface area contributed by atoms with E-state index >= 15 is 0 Å². The van der Waals surface area contributed by atoms with E-state index in [0.717, 1.165) is 58.5 Å². The van der Waals surface area contributed by atoms with Crippen LogP contribution in [0.15, 0.2) is 35.5 Å². The molecule has 0 atom stereocenters. The van der Waals surface area contributed by atoms with Gasteiger partial charge in [0.15, 0.2) is 5.82 Å². The summed E-state index contributed by atoms with van der Waals surface area (Å²) in [6, 6.07) is 9.77. The molecule has 0 unspecified atom stereocenters. The Morgan fingerprint density at radius 3 is 2.45 bits per heavy atom. The number of aryl methyl sites for hydroxylation is 5. The maximum absolute atomic E-state index is 5.48. The molecule has 3 aromatic heterocycles. The van der Waals surface area contributed by atoms with Gasteiger partial charge in [0, 0.05) is 22.8 Å². The van der Waals surface area contributed by atoms with E-state index in [1.807, 2.05) is 65.0 Å². The average molecular weight is 390 g/mol. The molecule has 3 rings (SSSR count). The van der Waals surface area contributed by atoms with E-state index in [1.54, 1.807) is 0 Å². The van der Waals surface area contributed by atoms with Crippen LogP contribution in [0, 0.1) is 27.7 Å². The first-order chi connectivity index (χ1) is 13.9. The quantitative estimate of drug-likeness (QED) is 0.345. The molecule has 0 saturated heterocycles. The van der Waals surface area contributed by atoms with Crippen molar-refractivity contribution in [1.29, 1.82) is 0 Å². The van der Waals surface area contributed by atoms with E-state index < -0.39 is 0 Å². The van der Waals surface area contributed by atoms with Gasteiger partial charge in [0.25, 0.3) is 0 Å². The van der Waals surface area contributed by atoms with E-state index in [2.05, 4.69) is 30.1 Å². The second-order valence-electron chi connectivity index (χ2n) is 7.04. The number of aromatic nitrogens is 5. The second kappa shape index (κ2) is 9.32. The first kappa shape index (κ1) is 20.5. The van der Waals surface area contributed by atoms with Crippen LogP contribution in [-0.4, -0.2) is 37.2 Å². The number of nitrogens with zero attached hydrogens (tertiary/aromatic N) is 6. The van der Waals surface area contributed by atoms with Crippen molar-refractivity contribution in [3.05, 3.63) is 64.6 Å². The third-order valence-corrected chi connectivity index (χ3v) is 4.23. The summed E-state index contributed by atoms with van der Waals surface area (Å²) < 4.78 is 0. The molecule has 3 heterocycles. The summed E-state index contributed by atoms with van der Waals surface area (Å²) in [5.41, 5.74) is 6.09. The summed E-state index contributed by atoms with van der Waals surface area (Å²) in [7, 11) is 0. The largest absolute Gasteiger partial charge is 0.396 e. The molecular weight excluding hydrogens is 364 g/mol. The standard InChI is InChI=1S/C22H26N6O/c1-14-8-6-10-20(24-14)22-25-15(2)12-19(27-22)9-7-11-29-28-17(4)21-13-16(3)23-18(5)26-21/h6,8,10,12-13H,7,9,11H2,1-5H3/b28-17+. The molecule has 29 heavy (non-hydrogen) atoms. The molecule has 0 bridgehead atoms. The maximum Gasteiger partial charge on any atom is 0.178 e. The smallest absolute Gasteiger partial charge is 0.178 e. The first-order valence-electron chi connectivity index (χ1n) is 9.68. The van der Waals surface area contributed by atoms with Crippen LogP contribution in [0.4, 0.5) is 0 Å². The number of rotatable bonds is 7. The van der Waals surface area contributed by atoms with Crippen LogP contribution in [0.25, 0.3) is 11.5 Å². The predicted molar refractivity (Wildman–Crippen MR) is 113 cm³/mol. The van der Waals surface area contributed by atoms with Crippen LogP contribution in [0.1, 0.15) is 47.6 Å². The molecule has 0 saturated carbocycles. The molecule has 0 spiro atoms. The molecule has 0 N–H and O–H groups in total. The maximum atomic E-state index is 5.48. The summed E-state index contributed by atoms with van der Waals surface area (Å²) >= 11 is 0. The molecule has 7 nitrogen and oxygen atoms in total. The number of pyridine rings is 1. The summed E-state index contributed by atoms with van der Waals surface area (Å²) in [6.45, 7) is 10.1. The lowest BCUT2D eigenvalue weighted by Crippen LogP contribution is -2.05. The van der Waals surface area contributed by atoms with Gasteiger partial charge in [0.2, 0.25) is 0 Å². The molecule has 0 amide bonds.